The van der Waals surface area contributed by atoms with Gasteiger partial charge in [-0.2, -0.15) is 0 Å². The van der Waals surface area contributed by atoms with Gasteiger partial charge in [0.15, 0.2) is 0 Å². The number of amides is 1. The number of carbonyl (C=O) groups excluding carboxylic acids is 1. The lowest BCUT2D eigenvalue weighted by Gasteiger charge is -2.26. The lowest BCUT2D eigenvalue weighted by molar-refractivity contribution is -0.126. The van der Waals surface area contributed by atoms with Crippen LogP contribution >= 0.6 is 0 Å². The van der Waals surface area contributed by atoms with Gasteiger partial charge in [-0.3, -0.25) is 4.79 Å². The molecule has 0 aromatic heterocycles. The number of nitrogens with one attached hydrogen (secondary N) is 1. The summed E-state index contributed by atoms with van der Waals surface area (Å²) in [6.07, 6.45) is 8.58. The normalized spacial score (nSPS) is 39.4. The van der Waals surface area contributed by atoms with E-state index in [1.54, 1.807) is 0 Å². The molecule has 3 heteroatoms. The highest BCUT2D eigenvalue weighted by Gasteiger charge is 2.48. The Labute approximate surface area is 84.4 Å². The lowest BCUT2D eigenvalue weighted by Crippen LogP contribution is -2.45. The Kier molecular flexibility index (Phi) is 2.47. The van der Waals surface area contributed by atoms with Gasteiger partial charge >= 0.3 is 0 Å². The van der Waals surface area contributed by atoms with Crippen molar-refractivity contribution in [2.24, 2.45) is 23.5 Å². The first-order valence-electron chi connectivity index (χ1n) is 5.20. The molecule has 0 heterocycles. The molecule has 76 valence electrons. The maximum Gasteiger partial charge on any atom is 0.225 e. The fourth-order valence-electron chi connectivity index (χ4n) is 2.98. The van der Waals surface area contributed by atoms with E-state index in [1.165, 1.54) is 6.42 Å². The van der Waals surface area contributed by atoms with Crippen LogP contribution in [0.4, 0.5) is 0 Å². The summed E-state index contributed by atoms with van der Waals surface area (Å²) >= 11 is 0. The highest BCUT2D eigenvalue weighted by Crippen LogP contribution is 2.47. The summed E-state index contributed by atoms with van der Waals surface area (Å²) in [5, 5.41) is 2.73. The van der Waals surface area contributed by atoms with Gasteiger partial charge in [-0.1, -0.05) is 5.92 Å². The van der Waals surface area contributed by atoms with Gasteiger partial charge < -0.3 is 11.1 Å². The van der Waals surface area contributed by atoms with Crippen molar-refractivity contribution < 1.29 is 4.79 Å². The zero-order chi connectivity index (χ0) is 10.1. The molecule has 0 saturated heterocycles. The van der Waals surface area contributed by atoms with Crippen molar-refractivity contribution in [2.75, 3.05) is 6.54 Å². The van der Waals surface area contributed by atoms with Crippen molar-refractivity contribution in [1.29, 1.82) is 0 Å². The second kappa shape index (κ2) is 3.62. The predicted octanol–water partition coefficient (Wildman–Crippen LogP) is 0.109. The van der Waals surface area contributed by atoms with Crippen LogP contribution in [-0.4, -0.2) is 18.5 Å². The van der Waals surface area contributed by atoms with E-state index in [-0.39, 0.29) is 17.9 Å². The van der Waals surface area contributed by atoms with Gasteiger partial charge in [-0.25, -0.2) is 0 Å². The molecular formula is C11H16N2O. The van der Waals surface area contributed by atoms with Gasteiger partial charge in [0, 0.05) is 6.04 Å². The third-order valence-electron chi connectivity index (χ3n) is 3.65. The molecule has 3 nitrogen and oxygen atoms in total. The maximum atomic E-state index is 11.7. The molecule has 2 aliphatic rings. The minimum absolute atomic E-state index is 0.0158. The number of nitrogens with two attached hydrogens (primary N) is 1. The summed E-state index contributed by atoms with van der Waals surface area (Å²) in [6.45, 7) is 0.319. The van der Waals surface area contributed by atoms with Crippen LogP contribution in [-0.2, 0) is 4.79 Å². The number of terminal acetylenes is 1. The Hall–Kier alpha value is -1.01. The van der Waals surface area contributed by atoms with E-state index >= 15 is 0 Å². The van der Waals surface area contributed by atoms with Crippen LogP contribution in [0.3, 0.4) is 0 Å². The predicted molar refractivity (Wildman–Crippen MR) is 54.1 cm³/mol. The van der Waals surface area contributed by atoms with Crippen molar-refractivity contribution in [3.63, 3.8) is 0 Å². The molecule has 3 N–H and O–H groups in total. The number of fused-ring (bicyclic) bond motifs is 2. The van der Waals surface area contributed by atoms with Crippen molar-refractivity contribution in [3.8, 4) is 12.3 Å². The van der Waals surface area contributed by atoms with Crippen molar-refractivity contribution in [2.45, 2.75) is 25.3 Å². The summed E-state index contributed by atoms with van der Waals surface area (Å²) in [4.78, 5) is 11.7. The molecule has 14 heavy (non-hydrogen) atoms. The van der Waals surface area contributed by atoms with Crippen LogP contribution in [0.1, 0.15) is 19.3 Å². The van der Waals surface area contributed by atoms with Crippen LogP contribution in [0.15, 0.2) is 0 Å². The molecule has 0 aromatic carbocycles. The van der Waals surface area contributed by atoms with Crippen molar-refractivity contribution >= 4 is 5.91 Å². The summed E-state index contributed by atoms with van der Waals surface area (Å²) in [7, 11) is 0. The number of rotatable bonds is 2. The summed E-state index contributed by atoms with van der Waals surface area (Å²) in [6, 6.07) is 0.0616. The Morgan fingerprint density at radius 1 is 1.50 bits per heavy atom. The molecule has 2 rings (SSSR count). The third kappa shape index (κ3) is 1.40. The molecule has 2 fully saturated rings. The van der Waals surface area contributed by atoms with E-state index in [9.17, 15) is 4.79 Å². The van der Waals surface area contributed by atoms with Crippen LogP contribution in [0, 0.1) is 30.1 Å². The first kappa shape index (κ1) is 9.54. The number of hydrogen-bond donors (Lipinski definition) is 2. The van der Waals surface area contributed by atoms with Crippen LogP contribution in [0.25, 0.3) is 0 Å². The molecule has 1 amide bonds. The van der Waals surface area contributed by atoms with Gasteiger partial charge in [0.2, 0.25) is 5.91 Å². The Morgan fingerprint density at radius 2 is 2.21 bits per heavy atom. The largest absolute Gasteiger partial charge is 0.345 e. The summed E-state index contributed by atoms with van der Waals surface area (Å²) in [5.41, 5.74) is 6.02. The molecular weight excluding hydrogens is 176 g/mol. The fourth-order valence-corrected chi connectivity index (χ4v) is 2.98. The molecule has 2 saturated carbocycles. The molecule has 4 atom stereocenters. The molecule has 0 spiro atoms. The minimum Gasteiger partial charge on any atom is -0.345 e. The highest BCUT2D eigenvalue weighted by atomic mass is 16.1. The molecule has 4 unspecified atom stereocenters. The second-order valence-electron chi connectivity index (χ2n) is 4.36. The first-order chi connectivity index (χ1) is 6.74. The fraction of sp³-hybridized carbons (Fsp3) is 0.727. The van der Waals surface area contributed by atoms with E-state index in [2.05, 4.69) is 11.2 Å². The summed E-state index contributed by atoms with van der Waals surface area (Å²) < 4.78 is 0. The van der Waals surface area contributed by atoms with E-state index < -0.39 is 0 Å². The topological polar surface area (TPSA) is 55.1 Å². The Bertz CT molecular complexity index is 280. The van der Waals surface area contributed by atoms with E-state index in [4.69, 9.17) is 12.2 Å². The van der Waals surface area contributed by atoms with Gasteiger partial charge in [0.05, 0.1) is 12.5 Å². The average Bonchev–Trinajstić information content (AvgIpc) is 2.74. The van der Waals surface area contributed by atoms with Crippen LogP contribution in [0.5, 0.6) is 0 Å². The monoisotopic (exact) mass is 192 g/mol. The Balaban J connectivity index is 1.98. The number of carbonyl (C=O) groups is 1. The molecule has 0 radical (unpaired) electrons. The third-order valence-corrected chi connectivity index (χ3v) is 3.65. The van der Waals surface area contributed by atoms with Gasteiger partial charge in [-0.15, -0.1) is 6.42 Å². The van der Waals surface area contributed by atoms with Gasteiger partial charge in [-0.05, 0) is 31.1 Å². The minimum atomic E-state index is 0.0158. The second-order valence-corrected chi connectivity index (χ2v) is 4.36. The van der Waals surface area contributed by atoms with Gasteiger partial charge in [0.25, 0.3) is 0 Å². The van der Waals surface area contributed by atoms with Crippen LogP contribution < -0.4 is 11.1 Å². The molecule has 0 aliphatic heterocycles. The highest BCUT2D eigenvalue weighted by molar-refractivity contribution is 5.80. The molecule has 2 bridgehead atoms. The Morgan fingerprint density at radius 3 is 2.79 bits per heavy atom. The van der Waals surface area contributed by atoms with Crippen molar-refractivity contribution in [3.05, 3.63) is 0 Å². The van der Waals surface area contributed by atoms with Gasteiger partial charge in [0.1, 0.15) is 0 Å². The zero-order valence-electron chi connectivity index (χ0n) is 8.20. The molecule has 2 aliphatic carbocycles. The van der Waals surface area contributed by atoms with Crippen LogP contribution in [0.2, 0.25) is 0 Å². The zero-order valence-corrected chi connectivity index (χ0v) is 8.20. The number of hydrogen-bond acceptors (Lipinski definition) is 2. The SMILES string of the molecule is C#CCNC(=O)C1C2CCC(C2)C1N. The molecule has 0 aromatic rings. The van der Waals surface area contributed by atoms with Crippen molar-refractivity contribution in [1.82, 2.24) is 5.32 Å². The average molecular weight is 192 g/mol. The lowest BCUT2D eigenvalue weighted by atomic mass is 9.84. The first-order valence-corrected chi connectivity index (χ1v) is 5.20. The van der Waals surface area contributed by atoms with E-state index in [1.807, 2.05) is 0 Å². The van der Waals surface area contributed by atoms with E-state index in [0.717, 1.165) is 12.8 Å². The maximum absolute atomic E-state index is 11.7. The van der Waals surface area contributed by atoms with E-state index in [0.29, 0.717) is 18.4 Å². The quantitative estimate of drug-likeness (QED) is 0.610. The summed E-state index contributed by atoms with van der Waals surface area (Å²) in [5.74, 6) is 3.56. The smallest absolute Gasteiger partial charge is 0.225 e. The standard InChI is InChI=1S/C11H16N2O/c1-2-5-13-11(14)9-7-3-4-8(6-7)10(9)12/h1,7-10H,3-6,12H2,(H,13,14).